The largest absolute Gasteiger partial charge is 0.0626 e. The topological polar surface area (TPSA) is 0 Å². The highest BCUT2D eigenvalue weighted by Crippen LogP contribution is 2.49. The summed E-state index contributed by atoms with van der Waals surface area (Å²) >= 11 is 0. The van der Waals surface area contributed by atoms with Gasteiger partial charge < -0.3 is 0 Å². The summed E-state index contributed by atoms with van der Waals surface area (Å²) in [6, 6.07) is 30.6. The second-order valence-electron chi connectivity index (χ2n) is 14.3. The molecule has 47 heavy (non-hydrogen) atoms. The summed E-state index contributed by atoms with van der Waals surface area (Å²) in [5.41, 5.74) is 21.2. The molecule has 0 amide bonds. The molecule has 2 aliphatic carbocycles. The van der Waals surface area contributed by atoms with E-state index in [1.165, 1.54) is 67.7 Å². The molecule has 0 aromatic heterocycles. The summed E-state index contributed by atoms with van der Waals surface area (Å²) in [6.07, 6.45) is 9.55. The van der Waals surface area contributed by atoms with E-state index in [0.717, 1.165) is 35.2 Å². The zero-order valence-corrected chi connectivity index (χ0v) is 31.1. The Kier molecular flexibility index (Phi) is 10.2. The smallest absolute Gasteiger partial charge is 0.0397 e. The van der Waals surface area contributed by atoms with Gasteiger partial charge in [-0.05, 0) is 104 Å². The molecule has 2 atom stereocenters. The lowest BCUT2D eigenvalue weighted by atomic mass is 9.84. The predicted molar refractivity (Wildman–Crippen MR) is 208 cm³/mol. The van der Waals surface area contributed by atoms with E-state index < -0.39 is 0 Å². The Labute approximate surface area is 288 Å². The molecule has 2 radical (unpaired) electrons. The zero-order chi connectivity index (χ0) is 33.2. The minimum absolute atomic E-state index is 0.503. The summed E-state index contributed by atoms with van der Waals surface area (Å²) in [7, 11) is 0.930. The minimum Gasteiger partial charge on any atom is -0.0626 e. The number of fused-ring (bicyclic) bond motifs is 2. The Morgan fingerprint density at radius 1 is 0.511 bits per heavy atom. The van der Waals surface area contributed by atoms with Gasteiger partial charge in [0.1, 0.15) is 0 Å². The third-order valence-corrected chi connectivity index (χ3v) is 12.4. The lowest BCUT2D eigenvalue weighted by Crippen LogP contribution is -2.08. The molecule has 0 heterocycles. The molecule has 2 aliphatic rings. The molecule has 0 saturated heterocycles. The van der Waals surface area contributed by atoms with Crippen molar-refractivity contribution in [2.45, 2.75) is 117 Å². The van der Waals surface area contributed by atoms with Crippen LogP contribution in [0.3, 0.4) is 0 Å². The molecule has 6 rings (SSSR count). The van der Waals surface area contributed by atoms with Gasteiger partial charge in [-0.25, -0.2) is 0 Å². The molecular weight excluding hydrogens is 581 g/mol. The fourth-order valence-electron chi connectivity index (χ4n) is 8.48. The Morgan fingerprint density at radius 2 is 0.915 bits per heavy atom. The summed E-state index contributed by atoms with van der Waals surface area (Å²) < 4.78 is 0. The fraction of sp³-hybridized carbons (Fsp3) is 0.391. The lowest BCUT2D eigenvalue weighted by Gasteiger charge is -2.22. The van der Waals surface area contributed by atoms with Gasteiger partial charge in [0.05, 0.1) is 0 Å². The average Bonchev–Trinajstić information content (AvgIpc) is 3.64. The second kappa shape index (κ2) is 14.4. The molecule has 0 saturated carbocycles. The number of allylic oxidation sites excluding steroid dienone is 2. The maximum absolute atomic E-state index is 2.59. The van der Waals surface area contributed by atoms with Crippen LogP contribution in [0.15, 0.2) is 83.9 Å². The van der Waals surface area contributed by atoms with Crippen molar-refractivity contribution in [3.63, 3.8) is 0 Å². The van der Waals surface area contributed by atoms with Crippen LogP contribution in [-0.2, 0) is 12.8 Å². The SMILES string of the molecule is CCC1=Cc2c(ccc(CC)c2-c2ccccc2C(C)C)C1C[Si]CC1C(CC)=Cc2c1ccc(CC)c2-c1ccccc1C(C)C. The fourth-order valence-corrected chi connectivity index (χ4v) is 10.2. The highest BCUT2D eigenvalue weighted by atomic mass is 28.2. The van der Waals surface area contributed by atoms with E-state index in [-0.39, 0.29) is 0 Å². The van der Waals surface area contributed by atoms with Crippen molar-refractivity contribution in [3.8, 4) is 22.3 Å². The van der Waals surface area contributed by atoms with Gasteiger partial charge in [-0.2, -0.15) is 0 Å². The molecule has 0 aliphatic heterocycles. The average molecular weight is 635 g/mol. The van der Waals surface area contributed by atoms with Gasteiger partial charge in [0.25, 0.3) is 0 Å². The summed E-state index contributed by atoms with van der Waals surface area (Å²) in [5.74, 6) is 2.08. The quantitative estimate of drug-likeness (QED) is 0.136. The van der Waals surface area contributed by atoms with Crippen LogP contribution in [0, 0.1) is 0 Å². The summed E-state index contributed by atoms with van der Waals surface area (Å²) in [6.45, 7) is 18.7. The van der Waals surface area contributed by atoms with Crippen LogP contribution in [0.25, 0.3) is 34.4 Å². The van der Waals surface area contributed by atoms with Crippen molar-refractivity contribution in [2.24, 2.45) is 0 Å². The predicted octanol–water partition coefficient (Wildman–Crippen LogP) is 13.4. The van der Waals surface area contributed by atoms with E-state index in [4.69, 9.17) is 0 Å². The summed E-state index contributed by atoms with van der Waals surface area (Å²) in [4.78, 5) is 0. The lowest BCUT2D eigenvalue weighted by molar-refractivity contribution is 0.829. The summed E-state index contributed by atoms with van der Waals surface area (Å²) in [5, 5.41) is 0. The first kappa shape index (κ1) is 33.5. The first-order chi connectivity index (χ1) is 22.8. The maximum atomic E-state index is 2.59. The molecule has 4 aromatic carbocycles. The molecule has 4 aromatic rings. The Hall–Kier alpha value is -3.42. The monoisotopic (exact) mass is 634 g/mol. The third-order valence-electron chi connectivity index (χ3n) is 11.0. The molecule has 2 unspecified atom stereocenters. The number of hydrogen-bond acceptors (Lipinski definition) is 0. The molecular formula is C46H54Si. The van der Waals surface area contributed by atoms with Gasteiger partial charge in [-0.1, -0.05) is 164 Å². The molecule has 242 valence electrons. The van der Waals surface area contributed by atoms with Gasteiger partial charge in [-0.3, -0.25) is 0 Å². The van der Waals surface area contributed by atoms with Gasteiger partial charge in [-0.15, -0.1) is 0 Å². The van der Waals surface area contributed by atoms with Gasteiger partial charge in [0.2, 0.25) is 0 Å². The zero-order valence-electron chi connectivity index (χ0n) is 30.1. The first-order valence-electron chi connectivity index (χ1n) is 18.4. The van der Waals surface area contributed by atoms with Gasteiger partial charge in [0.15, 0.2) is 0 Å². The van der Waals surface area contributed by atoms with Crippen LogP contribution in [0.4, 0.5) is 0 Å². The van der Waals surface area contributed by atoms with Crippen molar-refractivity contribution < 1.29 is 0 Å². The van der Waals surface area contributed by atoms with Gasteiger partial charge >= 0.3 is 0 Å². The first-order valence-corrected chi connectivity index (χ1v) is 19.9. The van der Waals surface area contributed by atoms with E-state index in [9.17, 15) is 0 Å². The van der Waals surface area contributed by atoms with E-state index in [0.29, 0.717) is 23.7 Å². The van der Waals surface area contributed by atoms with Crippen molar-refractivity contribution in [1.29, 1.82) is 0 Å². The van der Waals surface area contributed by atoms with E-state index in [1.54, 1.807) is 22.3 Å². The molecule has 0 fully saturated rings. The van der Waals surface area contributed by atoms with E-state index >= 15 is 0 Å². The van der Waals surface area contributed by atoms with Crippen LogP contribution in [0.1, 0.15) is 136 Å². The third kappa shape index (κ3) is 6.17. The minimum atomic E-state index is 0.503. The van der Waals surface area contributed by atoms with Crippen molar-refractivity contribution in [1.82, 2.24) is 0 Å². The highest BCUT2D eigenvalue weighted by molar-refractivity contribution is 6.36. The molecule has 1 heteroatoms. The van der Waals surface area contributed by atoms with Crippen LogP contribution in [0.2, 0.25) is 12.1 Å². The number of rotatable bonds is 12. The molecule has 0 nitrogen and oxygen atoms in total. The number of aryl methyl sites for hydroxylation is 2. The van der Waals surface area contributed by atoms with Crippen molar-refractivity contribution in [3.05, 3.63) is 128 Å². The highest BCUT2D eigenvalue weighted by Gasteiger charge is 2.31. The maximum Gasteiger partial charge on any atom is 0.0397 e. The van der Waals surface area contributed by atoms with Crippen molar-refractivity contribution in [2.75, 3.05) is 0 Å². The van der Waals surface area contributed by atoms with Gasteiger partial charge in [0, 0.05) is 21.4 Å². The molecule has 0 spiro atoms. The Morgan fingerprint density at radius 3 is 1.28 bits per heavy atom. The van der Waals surface area contributed by atoms with Crippen LogP contribution < -0.4 is 0 Å². The van der Waals surface area contributed by atoms with Crippen molar-refractivity contribution >= 4 is 21.7 Å². The van der Waals surface area contributed by atoms with Crippen LogP contribution >= 0.6 is 0 Å². The Bertz CT molecular complexity index is 1680. The second-order valence-corrected chi connectivity index (χ2v) is 15.6. The van der Waals surface area contributed by atoms with Crippen LogP contribution in [0.5, 0.6) is 0 Å². The number of hydrogen-bond donors (Lipinski definition) is 0. The van der Waals surface area contributed by atoms with E-state index in [1.807, 2.05) is 0 Å². The van der Waals surface area contributed by atoms with Crippen LogP contribution in [-0.4, -0.2) is 9.52 Å². The normalized spacial score (nSPS) is 16.9. The Balaban J connectivity index is 1.32. The molecule has 0 bridgehead atoms. The number of benzene rings is 4. The van der Waals surface area contributed by atoms with E-state index in [2.05, 4.69) is 140 Å². The standard InChI is InChI=1S/C46H54Si/c1-9-31-21-23-37-41(45(31)39-19-15-13-17-35(39)29(5)6)25-33(11-3)43(37)27-47-28-44-34(12-4)26-42-38(44)24-22-32(10-2)46(42)40-20-16-14-18-36(40)30(7)8/h13-26,29-30,43-44H,9-12,27-28H2,1-8H3. The molecule has 0 N–H and O–H groups in total.